The lowest BCUT2D eigenvalue weighted by atomic mass is 10.1. The summed E-state index contributed by atoms with van der Waals surface area (Å²) in [4.78, 5) is 2.10. The van der Waals surface area contributed by atoms with Crippen molar-refractivity contribution in [1.29, 1.82) is 0 Å². The molecule has 0 aromatic heterocycles. The van der Waals surface area contributed by atoms with Crippen molar-refractivity contribution < 1.29 is 23.2 Å². The molecule has 0 heterocycles. The van der Waals surface area contributed by atoms with Crippen molar-refractivity contribution in [2.24, 2.45) is 0 Å². The molecule has 3 N–H and O–H groups in total. The minimum Gasteiger partial charge on any atom is -0.395 e. The molecule has 7 heteroatoms. The minimum atomic E-state index is -4.02. The zero-order chi connectivity index (χ0) is 20.7. The van der Waals surface area contributed by atoms with E-state index in [0.29, 0.717) is 19.1 Å². The molecule has 0 radical (unpaired) electrons. The van der Waals surface area contributed by atoms with Crippen LogP contribution in [0.1, 0.15) is 57.9 Å². The van der Waals surface area contributed by atoms with Gasteiger partial charge in [-0.15, -0.1) is 0 Å². The van der Waals surface area contributed by atoms with Gasteiger partial charge in [-0.25, -0.2) is 0 Å². The Morgan fingerprint density at radius 1 is 0.963 bits per heavy atom. The summed E-state index contributed by atoms with van der Waals surface area (Å²) < 4.78 is 29.6. The average molecular weight is 404 g/mol. The van der Waals surface area contributed by atoms with Gasteiger partial charge in [0.1, 0.15) is 0 Å². The summed E-state index contributed by atoms with van der Waals surface area (Å²) in [6, 6.07) is 6.46. The van der Waals surface area contributed by atoms with E-state index in [4.69, 9.17) is 14.8 Å². The molecule has 0 saturated carbocycles. The third-order valence-electron chi connectivity index (χ3n) is 4.44. The number of unbranched alkanes of at least 4 members (excludes halogenated alkanes) is 4. The Kier molecular flexibility index (Phi) is 14.4. The van der Waals surface area contributed by atoms with Crippen LogP contribution in [0.25, 0.3) is 0 Å². The van der Waals surface area contributed by atoms with Gasteiger partial charge in [-0.05, 0) is 32.4 Å². The molecular formula is C20H37NO5S. The minimum absolute atomic E-state index is 0.0666. The lowest BCUT2D eigenvalue weighted by Crippen LogP contribution is -2.37. The summed E-state index contributed by atoms with van der Waals surface area (Å²) in [6.07, 6.45) is 7.70. The molecule has 0 aliphatic heterocycles. The highest BCUT2D eigenvalue weighted by Gasteiger charge is 2.11. The van der Waals surface area contributed by atoms with Gasteiger partial charge in [-0.1, -0.05) is 56.7 Å². The molecule has 0 amide bonds. The van der Waals surface area contributed by atoms with Crippen LogP contribution in [0, 0.1) is 6.92 Å². The Morgan fingerprint density at radius 2 is 1.48 bits per heavy atom. The Bertz CT molecular complexity index is 569. The molecule has 0 aliphatic carbocycles. The molecule has 0 aliphatic rings. The Labute approximate surface area is 165 Å². The molecule has 1 unspecified atom stereocenters. The maximum atomic E-state index is 10.5. The van der Waals surface area contributed by atoms with Gasteiger partial charge in [0, 0.05) is 19.1 Å². The van der Waals surface area contributed by atoms with E-state index in [-0.39, 0.29) is 18.1 Å². The highest BCUT2D eigenvalue weighted by atomic mass is 32.2. The summed E-state index contributed by atoms with van der Waals surface area (Å²) in [6.45, 7) is 7.97. The lowest BCUT2D eigenvalue weighted by molar-refractivity contribution is 0.123. The second kappa shape index (κ2) is 15.0. The van der Waals surface area contributed by atoms with Crippen LogP contribution in [0.3, 0.4) is 0 Å². The van der Waals surface area contributed by atoms with E-state index in [2.05, 4.69) is 18.7 Å². The Hall–Kier alpha value is -0.990. The predicted molar refractivity (Wildman–Crippen MR) is 110 cm³/mol. The van der Waals surface area contributed by atoms with Gasteiger partial charge in [0.15, 0.2) is 0 Å². The number of aliphatic hydroxyl groups excluding tert-OH is 2. The SMILES string of the molecule is CCCCCCCC(C)N(CCO)CCO.Cc1ccc(S(=O)(=O)O)cc1. The number of aliphatic hydroxyl groups is 2. The van der Waals surface area contributed by atoms with E-state index in [1.165, 1.54) is 50.7 Å². The normalized spacial score (nSPS) is 12.6. The fourth-order valence-electron chi connectivity index (χ4n) is 2.75. The molecule has 0 saturated heterocycles. The molecular weight excluding hydrogens is 366 g/mol. The smallest absolute Gasteiger partial charge is 0.294 e. The van der Waals surface area contributed by atoms with E-state index in [9.17, 15) is 8.42 Å². The van der Waals surface area contributed by atoms with Crippen molar-refractivity contribution in [3.05, 3.63) is 29.8 Å². The summed E-state index contributed by atoms with van der Waals surface area (Å²) in [5, 5.41) is 17.9. The van der Waals surface area contributed by atoms with Crippen LogP contribution in [0.2, 0.25) is 0 Å². The van der Waals surface area contributed by atoms with Crippen molar-refractivity contribution in [3.63, 3.8) is 0 Å². The van der Waals surface area contributed by atoms with Crippen molar-refractivity contribution >= 4 is 10.1 Å². The van der Waals surface area contributed by atoms with Crippen molar-refractivity contribution in [2.45, 2.75) is 70.2 Å². The molecule has 27 heavy (non-hydrogen) atoms. The quantitative estimate of drug-likeness (QED) is 0.366. The zero-order valence-corrected chi connectivity index (χ0v) is 17.8. The van der Waals surface area contributed by atoms with Crippen LogP contribution in [0.15, 0.2) is 29.2 Å². The second-order valence-corrected chi connectivity index (χ2v) is 8.24. The van der Waals surface area contributed by atoms with Gasteiger partial charge in [-0.3, -0.25) is 9.45 Å². The standard InChI is InChI=1S/C13H29NO2.C7H8O3S/c1-3-4-5-6-7-8-13(2)14(9-11-15)10-12-16;1-6-2-4-7(5-3-6)11(8,9)10/h13,15-16H,3-12H2,1-2H3;2-5H,1H3,(H,8,9,10). The van der Waals surface area contributed by atoms with Crippen LogP contribution in [-0.4, -0.2) is 60.4 Å². The number of nitrogens with zero attached hydrogens (tertiary/aromatic N) is 1. The Morgan fingerprint density at radius 3 is 1.93 bits per heavy atom. The Balaban J connectivity index is 0.000000533. The molecule has 0 fully saturated rings. The first-order valence-corrected chi connectivity index (χ1v) is 11.2. The van der Waals surface area contributed by atoms with Crippen LogP contribution in [-0.2, 0) is 10.1 Å². The van der Waals surface area contributed by atoms with E-state index in [1.54, 1.807) is 12.1 Å². The maximum Gasteiger partial charge on any atom is 0.294 e. The molecule has 6 nitrogen and oxygen atoms in total. The zero-order valence-electron chi connectivity index (χ0n) is 17.0. The summed E-state index contributed by atoms with van der Waals surface area (Å²) >= 11 is 0. The lowest BCUT2D eigenvalue weighted by Gasteiger charge is -2.27. The third-order valence-corrected chi connectivity index (χ3v) is 5.31. The maximum absolute atomic E-state index is 10.5. The van der Waals surface area contributed by atoms with E-state index in [0.717, 1.165) is 5.56 Å². The van der Waals surface area contributed by atoms with E-state index >= 15 is 0 Å². The predicted octanol–water partition coefficient (Wildman–Crippen LogP) is 3.26. The number of benzene rings is 1. The molecule has 1 aromatic rings. The summed E-state index contributed by atoms with van der Waals surface area (Å²) in [7, 11) is -4.02. The summed E-state index contributed by atoms with van der Waals surface area (Å²) in [5.41, 5.74) is 0.956. The number of hydrogen-bond donors (Lipinski definition) is 3. The fourth-order valence-corrected chi connectivity index (χ4v) is 3.23. The molecule has 1 atom stereocenters. The molecule has 1 rings (SSSR count). The first-order valence-electron chi connectivity index (χ1n) is 9.76. The number of aryl methyl sites for hydroxylation is 1. The molecule has 158 valence electrons. The van der Waals surface area contributed by atoms with Gasteiger partial charge < -0.3 is 10.2 Å². The number of rotatable bonds is 12. The highest BCUT2D eigenvalue weighted by molar-refractivity contribution is 7.85. The van der Waals surface area contributed by atoms with Gasteiger partial charge >= 0.3 is 0 Å². The summed E-state index contributed by atoms with van der Waals surface area (Å²) in [5.74, 6) is 0. The second-order valence-electron chi connectivity index (χ2n) is 6.82. The van der Waals surface area contributed by atoms with Crippen molar-refractivity contribution in [3.8, 4) is 0 Å². The highest BCUT2D eigenvalue weighted by Crippen LogP contribution is 2.11. The third kappa shape index (κ3) is 12.9. The number of hydrogen-bond acceptors (Lipinski definition) is 5. The van der Waals surface area contributed by atoms with Gasteiger partial charge in [-0.2, -0.15) is 8.42 Å². The van der Waals surface area contributed by atoms with Crippen molar-refractivity contribution in [1.82, 2.24) is 4.90 Å². The molecule has 0 spiro atoms. The van der Waals surface area contributed by atoms with Gasteiger partial charge in [0.05, 0.1) is 18.1 Å². The molecule has 0 bridgehead atoms. The largest absolute Gasteiger partial charge is 0.395 e. The van der Waals surface area contributed by atoms with Crippen LogP contribution in [0.4, 0.5) is 0 Å². The molecule has 1 aromatic carbocycles. The fraction of sp³-hybridized carbons (Fsp3) is 0.700. The van der Waals surface area contributed by atoms with E-state index in [1.807, 2.05) is 6.92 Å². The topological polar surface area (TPSA) is 98.1 Å². The first kappa shape index (κ1) is 26.0. The van der Waals surface area contributed by atoms with Crippen LogP contribution < -0.4 is 0 Å². The first-order chi connectivity index (χ1) is 12.8. The van der Waals surface area contributed by atoms with Gasteiger partial charge in [0.25, 0.3) is 10.1 Å². The van der Waals surface area contributed by atoms with Gasteiger partial charge in [0.2, 0.25) is 0 Å². The van der Waals surface area contributed by atoms with Crippen LogP contribution >= 0.6 is 0 Å². The van der Waals surface area contributed by atoms with E-state index < -0.39 is 10.1 Å². The van der Waals surface area contributed by atoms with Crippen LogP contribution in [0.5, 0.6) is 0 Å². The monoisotopic (exact) mass is 403 g/mol. The van der Waals surface area contributed by atoms with Crippen molar-refractivity contribution in [2.75, 3.05) is 26.3 Å². The average Bonchev–Trinajstić information content (AvgIpc) is 2.61.